The van der Waals surface area contributed by atoms with Gasteiger partial charge in [-0.1, -0.05) is 37.2 Å². The highest BCUT2D eigenvalue weighted by Gasteiger charge is 2.07. The summed E-state index contributed by atoms with van der Waals surface area (Å²) in [5.41, 5.74) is 3.86. The van der Waals surface area contributed by atoms with Crippen LogP contribution in [0.2, 0.25) is 0 Å². The highest BCUT2D eigenvalue weighted by Crippen LogP contribution is 2.22. The Hall–Kier alpha value is -2.86. The number of thioether (sulfide) groups is 1. The molecule has 0 radical (unpaired) electrons. The SMILES string of the molecule is CCCCc1ccc(NC(=O)CSc2ccc(-c3ccc(OC)cc3)nn2)cc1. The molecule has 5 nitrogen and oxygen atoms in total. The highest BCUT2D eigenvalue weighted by molar-refractivity contribution is 7.99. The molecule has 1 aromatic heterocycles. The van der Waals surface area contributed by atoms with Crippen LogP contribution in [0.25, 0.3) is 11.3 Å². The van der Waals surface area contributed by atoms with Crippen molar-refractivity contribution in [1.29, 1.82) is 0 Å². The third-order valence-corrected chi connectivity index (χ3v) is 5.35. The summed E-state index contributed by atoms with van der Waals surface area (Å²) in [5, 5.41) is 12.1. The number of aromatic nitrogens is 2. The third kappa shape index (κ3) is 6.32. The van der Waals surface area contributed by atoms with Gasteiger partial charge in [0.2, 0.25) is 5.91 Å². The average Bonchev–Trinajstić information content (AvgIpc) is 2.78. The standard InChI is InChI=1S/C23H25N3O2S/c1-3-4-5-17-6-10-19(11-7-17)24-22(27)16-29-23-15-14-21(25-26-23)18-8-12-20(28-2)13-9-18/h6-15H,3-5,16H2,1-2H3,(H,24,27). The molecule has 6 heteroatoms. The summed E-state index contributed by atoms with van der Waals surface area (Å²) >= 11 is 1.37. The molecule has 2 aromatic carbocycles. The van der Waals surface area contributed by atoms with E-state index in [-0.39, 0.29) is 11.7 Å². The molecular formula is C23H25N3O2S. The largest absolute Gasteiger partial charge is 0.497 e. The van der Waals surface area contributed by atoms with E-state index in [1.165, 1.54) is 30.2 Å². The van der Waals surface area contributed by atoms with Crippen molar-refractivity contribution in [3.8, 4) is 17.0 Å². The van der Waals surface area contributed by atoms with Gasteiger partial charge in [0, 0.05) is 11.3 Å². The fourth-order valence-electron chi connectivity index (χ4n) is 2.78. The van der Waals surface area contributed by atoms with Gasteiger partial charge in [0.05, 0.1) is 18.6 Å². The number of methoxy groups -OCH3 is 1. The van der Waals surface area contributed by atoms with E-state index in [1.807, 2.05) is 48.5 Å². The van der Waals surface area contributed by atoms with Crippen molar-refractivity contribution >= 4 is 23.4 Å². The zero-order valence-electron chi connectivity index (χ0n) is 16.7. The molecule has 29 heavy (non-hydrogen) atoms. The van der Waals surface area contributed by atoms with Crippen LogP contribution in [-0.4, -0.2) is 29.0 Å². The molecule has 1 N–H and O–H groups in total. The maximum atomic E-state index is 12.2. The molecule has 0 aliphatic carbocycles. The Morgan fingerprint density at radius 3 is 2.38 bits per heavy atom. The smallest absolute Gasteiger partial charge is 0.234 e. The van der Waals surface area contributed by atoms with E-state index >= 15 is 0 Å². The molecule has 0 atom stereocenters. The first-order chi connectivity index (χ1) is 14.2. The minimum Gasteiger partial charge on any atom is -0.497 e. The normalized spacial score (nSPS) is 10.6. The van der Waals surface area contributed by atoms with Gasteiger partial charge in [-0.2, -0.15) is 0 Å². The number of aryl methyl sites for hydroxylation is 1. The van der Waals surface area contributed by atoms with E-state index in [9.17, 15) is 4.79 Å². The highest BCUT2D eigenvalue weighted by atomic mass is 32.2. The zero-order valence-corrected chi connectivity index (χ0v) is 17.5. The number of hydrogen-bond acceptors (Lipinski definition) is 5. The van der Waals surface area contributed by atoms with Crippen molar-refractivity contribution < 1.29 is 9.53 Å². The van der Waals surface area contributed by atoms with Crippen LogP contribution in [0.4, 0.5) is 5.69 Å². The van der Waals surface area contributed by atoms with Gasteiger partial charge < -0.3 is 10.1 Å². The van der Waals surface area contributed by atoms with Gasteiger partial charge in [0.15, 0.2) is 0 Å². The quantitative estimate of drug-likeness (QED) is 0.492. The van der Waals surface area contributed by atoms with Crippen LogP contribution in [0.3, 0.4) is 0 Å². The first-order valence-electron chi connectivity index (χ1n) is 9.67. The van der Waals surface area contributed by atoms with Gasteiger partial charge >= 0.3 is 0 Å². The molecule has 0 bridgehead atoms. The van der Waals surface area contributed by atoms with E-state index in [0.29, 0.717) is 5.03 Å². The third-order valence-electron chi connectivity index (χ3n) is 4.43. The van der Waals surface area contributed by atoms with Crippen LogP contribution < -0.4 is 10.1 Å². The molecule has 150 valence electrons. The van der Waals surface area contributed by atoms with Gasteiger partial charge in [0.1, 0.15) is 10.8 Å². The Bertz CT molecular complexity index is 910. The van der Waals surface area contributed by atoms with Crippen molar-refractivity contribution in [2.75, 3.05) is 18.2 Å². The van der Waals surface area contributed by atoms with Crippen molar-refractivity contribution in [3.63, 3.8) is 0 Å². The van der Waals surface area contributed by atoms with Crippen molar-refractivity contribution in [2.24, 2.45) is 0 Å². The van der Waals surface area contributed by atoms with E-state index in [1.54, 1.807) is 7.11 Å². The number of carbonyl (C=O) groups excluding carboxylic acids is 1. The molecule has 0 spiro atoms. The summed E-state index contributed by atoms with van der Waals surface area (Å²) in [4.78, 5) is 12.2. The molecule has 3 aromatic rings. The molecule has 0 unspecified atom stereocenters. The number of rotatable bonds is 9. The number of hydrogen-bond donors (Lipinski definition) is 1. The average molecular weight is 408 g/mol. The minimum atomic E-state index is -0.0580. The second-order valence-corrected chi connectivity index (χ2v) is 7.62. The number of nitrogens with one attached hydrogen (secondary N) is 1. The number of carbonyl (C=O) groups is 1. The van der Waals surface area contributed by atoms with E-state index in [0.717, 1.165) is 29.1 Å². The van der Waals surface area contributed by atoms with Crippen LogP contribution in [0.15, 0.2) is 65.7 Å². The molecule has 0 fully saturated rings. The number of nitrogens with zero attached hydrogens (tertiary/aromatic N) is 2. The number of unbranched alkanes of at least 4 members (excludes halogenated alkanes) is 1. The number of benzene rings is 2. The Balaban J connectivity index is 1.49. The van der Waals surface area contributed by atoms with Gasteiger partial charge in [-0.3, -0.25) is 4.79 Å². The summed E-state index contributed by atoms with van der Waals surface area (Å²) in [6.07, 6.45) is 3.44. The van der Waals surface area contributed by atoms with Gasteiger partial charge in [0.25, 0.3) is 0 Å². The lowest BCUT2D eigenvalue weighted by Crippen LogP contribution is -2.14. The zero-order chi connectivity index (χ0) is 20.5. The first-order valence-corrected chi connectivity index (χ1v) is 10.7. The molecule has 3 rings (SSSR count). The lowest BCUT2D eigenvalue weighted by molar-refractivity contribution is -0.113. The fourth-order valence-corrected chi connectivity index (χ4v) is 3.40. The second-order valence-electron chi connectivity index (χ2n) is 6.62. The Morgan fingerprint density at radius 1 is 1.00 bits per heavy atom. The lowest BCUT2D eigenvalue weighted by Gasteiger charge is -2.07. The second kappa shape index (κ2) is 10.6. The summed E-state index contributed by atoms with van der Waals surface area (Å²) in [5.74, 6) is 1.03. The molecule has 0 saturated carbocycles. The van der Waals surface area contributed by atoms with E-state index < -0.39 is 0 Å². The Morgan fingerprint density at radius 2 is 1.76 bits per heavy atom. The maximum absolute atomic E-state index is 12.2. The molecule has 0 aliphatic heterocycles. The van der Waals surface area contributed by atoms with Crippen LogP contribution in [-0.2, 0) is 11.2 Å². The van der Waals surface area contributed by atoms with Gasteiger partial charge in [-0.05, 0) is 66.9 Å². The predicted molar refractivity (Wildman–Crippen MR) is 118 cm³/mol. The van der Waals surface area contributed by atoms with Crippen molar-refractivity contribution in [1.82, 2.24) is 10.2 Å². The number of amides is 1. The van der Waals surface area contributed by atoms with Crippen LogP contribution >= 0.6 is 11.8 Å². The number of ether oxygens (including phenoxy) is 1. The maximum Gasteiger partial charge on any atom is 0.234 e. The summed E-state index contributed by atoms with van der Waals surface area (Å²) in [6, 6.07) is 19.5. The first kappa shape index (κ1) is 20.9. The summed E-state index contributed by atoms with van der Waals surface area (Å²) in [7, 11) is 1.64. The molecule has 1 amide bonds. The van der Waals surface area contributed by atoms with E-state index in [2.05, 4.69) is 34.6 Å². The predicted octanol–water partition coefficient (Wildman–Crippen LogP) is 5.23. The summed E-state index contributed by atoms with van der Waals surface area (Å²) < 4.78 is 5.17. The molecular weight excluding hydrogens is 382 g/mol. The Kier molecular flexibility index (Phi) is 7.64. The van der Waals surface area contributed by atoms with Crippen LogP contribution in [0, 0.1) is 0 Å². The van der Waals surface area contributed by atoms with Gasteiger partial charge in [-0.15, -0.1) is 10.2 Å². The topological polar surface area (TPSA) is 64.1 Å². The Labute approximate surface area is 175 Å². The van der Waals surface area contributed by atoms with Crippen LogP contribution in [0.1, 0.15) is 25.3 Å². The number of anilines is 1. The lowest BCUT2D eigenvalue weighted by atomic mass is 10.1. The summed E-state index contributed by atoms with van der Waals surface area (Å²) in [6.45, 7) is 2.18. The monoisotopic (exact) mass is 407 g/mol. The minimum absolute atomic E-state index is 0.0580. The van der Waals surface area contributed by atoms with Crippen molar-refractivity contribution in [3.05, 3.63) is 66.2 Å². The fraction of sp³-hybridized carbons (Fsp3) is 0.261. The molecule has 0 saturated heterocycles. The van der Waals surface area contributed by atoms with Gasteiger partial charge in [-0.25, -0.2) is 0 Å². The van der Waals surface area contributed by atoms with E-state index in [4.69, 9.17) is 4.74 Å². The molecule has 0 aliphatic rings. The van der Waals surface area contributed by atoms with Crippen LogP contribution in [0.5, 0.6) is 5.75 Å². The van der Waals surface area contributed by atoms with Crippen molar-refractivity contribution in [2.45, 2.75) is 31.2 Å². The molecule has 1 heterocycles.